The van der Waals surface area contributed by atoms with Crippen LogP contribution in [0.4, 0.5) is 5.82 Å². The molecule has 3 rings (SSSR count). The van der Waals surface area contributed by atoms with Crippen LogP contribution < -0.4 is 5.32 Å². The number of aldehydes is 1. The predicted octanol–water partition coefficient (Wildman–Crippen LogP) is 1.95. The fraction of sp³-hybridized carbons (Fsp3) is 0.588. The molecule has 1 aliphatic carbocycles. The number of carbonyl (C=O) groups is 2. The largest absolute Gasteiger partial charge is 0.370 e. The Bertz CT molecular complexity index is 555. The Hall–Kier alpha value is -1.91. The van der Waals surface area contributed by atoms with Gasteiger partial charge in [-0.2, -0.15) is 0 Å². The van der Waals surface area contributed by atoms with Crippen molar-refractivity contribution in [3.05, 3.63) is 23.4 Å². The highest BCUT2D eigenvalue weighted by atomic mass is 16.2. The lowest BCUT2D eigenvalue weighted by Gasteiger charge is -2.21. The third-order valence-corrected chi connectivity index (χ3v) is 4.46. The predicted molar refractivity (Wildman–Crippen MR) is 84.8 cm³/mol. The van der Waals surface area contributed by atoms with Crippen molar-refractivity contribution in [2.75, 3.05) is 18.4 Å². The molecule has 0 saturated heterocycles. The van der Waals surface area contributed by atoms with Crippen molar-refractivity contribution in [1.82, 2.24) is 9.88 Å². The second-order valence-corrected chi connectivity index (χ2v) is 6.13. The van der Waals surface area contributed by atoms with Crippen LogP contribution in [-0.2, 0) is 22.4 Å². The third-order valence-electron chi connectivity index (χ3n) is 4.46. The van der Waals surface area contributed by atoms with Gasteiger partial charge in [-0.3, -0.25) is 4.79 Å². The average molecular weight is 301 g/mol. The highest BCUT2D eigenvalue weighted by molar-refractivity contribution is 5.79. The number of hydrogen-bond acceptors (Lipinski definition) is 4. The standard InChI is InChI=1S/C17H23N3O2/c21-12-11-20(14-6-7-14)16(22)5-1-3-13-8-10-19-17-15(13)4-2-9-18-17/h8,10,12,14H,1-7,9,11H2,(H,18,19). The molecule has 0 atom stereocenters. The summed E-state index contributed by atoms with van der Waals surface area (Å²) in [5.74, 6) is 1.13. The van der Waals surface area contributed by atoms with Crippen molar-refractivity contribution in [2.45, 2.75) is 51.0 Å². The summed E-state index contributed by atoms with van der Waals surface area (Å²) in [6, 6.07) is 2.39. The molecule has 0 bridgehead atoms. The van der Waals surface area contributed by atoms with Crippen molar-refractivity contribution >= 4 is 18.0 Å². The first-order valence-electron chi connectivity index (χ1n) is 8.23. The van der Waals surface area contributed by atoms with Crippen LogP contribution in [0.3, 0.4) is 0 Å². The lowest BCUT2D eigenvalue weighted by Crippen LogP contribution is -2.34. The number of carbonyl (C=O) groups excluding carboxylic acids is 2. The van der Waals surface area contributed by atoms with Gasteiger partial charge in [0, 0.05) is 25.2 Å². The molecule has 2 heterocycles. The van der Waals surface area contributed by atoms with E-state index >= 15 is 0 Å². The fourth-order valence-corrected chi connectivity index (χ4v) is 3.16. The lowest BCUT2D eigenvalue weighted by atomic mass is 9.97. The van der Waals surface area contributed by atoms with Crippen LogP contribution in [0.1, 0.15) is 43.2 Å². The van der Waals surface area contributed by atoms with E-state index in [-0.39, 0.29) is 12.5 Å². The van der Waals surface area contributed by atoms with Gasteiger partial charge in [-0.25, -0.2) is 4.98 Å². The zero-order valence-corrected chi connectivity index (χ0v) is 12.9. The van der Waals surface area contributed by atoms with E-state index in [9.17, 15) is 9.59 Å². The van der Waals surface area contributed by atoms with E-state index in [1.165, 1.54) is 11.1 Å². The Morgan fingerprint density at radius 2 is 2.32 bits per heavy atom. The number of aryl methyl sites for hydroxylation is 1. The zero-order valence-electron chi connectivity index (χ0n) is 12.9. The minimum atomic E-state index is 0.121. The topological polar surface area (TPSA) is 62.3 Å². The van der Waals surface area contributed by atoms with Crippen molar-refractivity contribution in [3.63, 3.8) is 0 Å². The molecule has 0 aromatic carbocycles. The average Bonchev–Trinajstić information content (AvgIpc) is 3.37. The molecular formula is C17H23N3O2. The van der Waals surface area contributed by atoms with Gasteiger partial charge in [-0.15, -0.1) is 0 Å². The van der Waals surface area contributed by atoms with E-state index in [2.05, 4.69) is 16.4 Å². The molecule has 22 heavy (non-hydrogen) atoms. The smallest absolute Gasteiger partial charge is 0.223 e. The number of fused-ring (bicyclic) bond motifs is 1. The summed E-state index contributed by atoms with van der Waals surface area (Å²) >= 11 is 0. The molecule has 5 heteroatoms. The molecule has 0 spiro atoms. The Kier molecular flexibility index (Phi) is 4.71. The van der Waals surface area contributed by atoms with Crippen LogP contribution in [-0.4, -0.2) is 41.2 Å². The highest BCUT2D eigenvalue weighted by Gasteiger charge is 2.31. The van der Waals surface area contributed by atoms with Crippen molar-refractivity contribution in [3.8, 4) is 0 Å². The second-order valence-electron chi connectivity index (χ2n) is 6.13. The summed E-state index contributed by atoms with van der Waals surface area (Å²) in [7, 11) is 0. The number of nitrogens with zero attached hydrogens (tertiary/aromatic N) is 2. The Morgan fingerprint density at radius 1 is 1.45 bits per heavy atom. The van der Waals surface area contributed by atoms with Gasteiger partial charge in [-0.05, 0) is 55.7 Å². The number of hydrogen-bond donors (Lipinski definition) is 1. The first-order chi connectivity index (χ1) is 10.8. The number of rotatable bonds is 7. The number of amides is 1. The zero-order chi connectivity index (χ0) is 15.4. The summed E-state index contributed by atoms with van der Waals surface area (Å²) in [4.78, 5) is 29.1. The van der Waals surface area contributed by atoms with E-state index in [1.807, 2.05) is 6.20 Å². The van der Waals surface area contributed by atoms with Gasteiger partial charge in [0.15, 0.2) is 0 Å². The molecule has 118 valence electrons. The third kappa shape index (κ3) is 3.46. The van der Waals surface area contributed by atoms with Crippen LogP contribution in [0.15, 0.2) is 12.3 Å². The van der Waals surface area contributed by atoms with Crippen molar-refractivity contribution < 1.29 is 9.59 Å². The molecular weight excluding hydrogens is 278 g/mol. The lowest BCUT2D eigenvalue weighted by molar-refractivity contribution is -0.133. The molecule has 1 saturated carbocycles. The SMILES string of the molecule is O=CCN(C(=O)CCCc1ccnc2c1CCCN2)C1CC1. The molecule has 1 amide bonds. The molecule has 5 nitrogen and oxygen atoms in total. The number of aromatic nitrogens is 1. The first kappa shape index (κ1) is 15.0. The normalized spacial score (nSPS) is 16.5. The quantitative estimate of drug-likeness (QED) is 0.782. The van der Waals surface area contributed by atoms with Gasteiger partial charge >= 0.3 is 0 Å². The van der Waals surface area contributed by atoms with E-state index in [4.69, 9.17) is 0 Å². The summed E-state index contributed by atoms with van der Waals surface area (Å²) in [6.45, 7) is 1.24. The van der Waals surface area contributed by atoms with Gasteiger partial charge in [0.25, 0.3) is 0 Å². The monoisotopic (exact) mass is 301 g/mol. The summed E-state index contributed by atoms with van der Waals surface area (Å²) in [6.07, 6.45) is 9.23. The number of pyridine rings is 1. The Labute approximate surface area is 131 Å². The molecule has 1 N–H and O–H groups in total. The number of nitrogens with one attached hydrogen (secondary N) is 1. The van der Waals surface area contributed by atoms with Crippen molar-refractivity contribution in [1.29, 1.82) is 0 Å². The highest BCUT2D eigenvalue weighted by Crippen LogP contribution is 2.28. The van der Waals surface area contributed by atoms with Crippen LogP contribution in [0, 0.1) is 0 Å². The second kappa shape index (κ2) is 6.90. The summed E-state index contributed by atoms with van der Waals surface area (Å²) in [5.41, 5.74) is 2.62. The van der Waals surface area contributed by atoms with Gasteiger partial charge in [-0.1, -0.05) is 0 Å². The van der Waals surface area contributed by atoms with Crippen LogP contribution in [0.2, 0.25) is 0 Å². The first-order valence-corrected chi connectivity index (χ1v) is 8.23. The van der Waals surface area contributed by atoms with E-state index in [0.717, 1.165) is 57.2 Å². The van der Waals surface area contributed by atoms with Gasteiger partial charge in [0.1, 0.15) is 12.1 Å². The minimum absolute atomic E-state index is 0.121. The van der Waals surface area contributed by atoms with Crippen LogP contribution in [0.5, 0.6) is 0 Å². The molecule has 1 aromatic rings. The molecule has 2 aliphatic rings. The van der Waals surface area contributed by atoms with Gasteiger partial charge in [0.05, 0.1) is 6.54 Å². The molecule has 0 unspecified atom stereocenters. The van der Waals surface area contributed by atoms with Crippen molar-refractivity contribution in [2.24, 2.45) is 0 Å². The maximum atomic E-state index is 12.2. The minimum Gasteiger partial charge on any atom is -0.370 e. The maximum Gasteiger partial charge on any atom is 0.223 e. The molecule has 1 aliphatic heterocycles. The van der Waals surface area contributed by atoms with E-state index < -0.39 is 0 Å². The molecule has 1 fully saturated rings. The fourth-order valence-electron chi connectivity index (χ4n) is 3.16. The summed E-state index contributed by atoms with van der Waals surface area (Å²) in [5, 5.41) is 3.34. The molecule has 0 radical (unpaired) electrons. The Morgan fingerprint density at radius 3 is 3.09 bits per heavy atom. The van der Waals surface area contributed by atoms with Crippen LogP contribution >= 0.6 is 0 Å². The van der Waals surface area contributed by atoms with Gasteiger partial charge < -0.3 is 15.0 Å². The molecule has 1 aromatic heterocycles. The van der Waals surface area contributed by atoms with Crippen LogP contribution in [0.25, 0.3) is 0 Å². The number of anilines is 1. The maximum absolute atomic E-state index is 12.2. The summed E-state index contributed by atoms with van der Waals surface area (Å²) < 4.78 is 0. The Balaban J connectivity index is 1.54. The van der Waals surface area contributed by atoms with E-state index in [0.29, 0.717) is 12.5 Å². The van der Waals surface area contributed by atoms with E-state index in [1.54, 1.807) is 4.90 Å². The van der Waals surface area contributed by atoms with Gasteiger partial charge in [0.2, 0.25) is 5.91 Å².